The molecule has 2 atom stereocenters. The molecular weight excluding hydrogens is 429 g/mol. The van der Waals surface area contributed by atoms with Gasteiger partial charge in [-0.25, -0.2) is 4.98 Å². The predicted molar refractivity (Wildman–Crippen MR) is 109 cm³/mol. The predicted octanol–water partition coefficient (Wildman–Crippen LogP) is 4.68. The van der Waals surface area contributed by atoms with Crippen LogP contribution in [0, 0.1) is 5.92 Å². The van der Waals surface area contributed by atoms with E-state index in [-0.39, 0.29) is 17.9 Å². The van der Waals surface area contributed by atoms with Crippen LogP contribution in [0.2, 0.25) is 0 Å². The number of alkyl halides is 3. The van der Waals surface area contributed by atoms with Crippen LogP contribution < -0.4 is 0 Å². The molecule has 0 aliphatic carbocycles. The van der Waals surface area contributed by atoms with E-state index in [1.807, 2.05) is 0 Å². The Morgan fingerprint density at radius 1 is 1.10 bits per heavy atom. The van der Waals surface area contributed by atoms with E-state index in [4.69, 9.17) is 4.74 Å². The maximum atomic E-state index is 12.9. The Morgan fingerprint density at radius 2 is 1.94 bits per heavy atom. The van der Waals surface area contributed by atoms with Gasteiger partial charge in [0.15, 0.2) is 0 Å². The molecule has 0 aliphatic heterocycles. The van der Waals surface area contributed by atoms with Crippen molar-refractivity contribution in [2.45, 2.75) is 23.9 Å². The summed E-state index contributed by atoms with van der Waals surface area (Å²) < 4.78 is 44.0. The largest absolute Gasteiger partial charge is 0.460 e. The van der Waals surface area contributed by atoms with Crippen molar-refractivity contribution in [1.82, 2.24) is 9.97 Å². The molecule has 2 aromatic heterocycles. The summed E-state index contributed by atoms with van der Waals surface area (Å²) in [6.45, 7) is -0.340. The Morgan fingerprint density at radius 3 is 2.61 bits per heavy atom. The summed E-state index contributed by atoms with van der Waals surface area (Å²) in [5.41, 5.74) is -0.181. The number of carbonyl (C=O) groups excluding carboxylic acids is 1. The van der Waals surface area contributed by atoms with E-state index in [9.17, 15) is 23.1 Å². The zero-order chi connectivity index (χ0) is 22.3. The number of hydrogen-bond acceptors (Lipinski definition) is 6. The maximum absolute atomic E-state index is 12.9. The molecule has 0 aliphatic rings. The van der Waals surface area contributed by atoms with Gasteiger partial charge in [0, 0.05) is 24.3 Å². The lowest BCUT2D eigenvalue weighted by molar-refractivity contribution is -0.153. The van der Waals surface area contributed by atoms with Crippen LogP contribution in [0.4, 0.5) is 13.2 Å². The second-order valence-electron chi connectivity index (χ2n) is 6.62. The smallest absolute Gasteiger partial charge is 0.416 e. The normalized spacial score (nSPS) is 13.4. The van der Waals surface area contributed by atoms with Crippen molar-refractivity contribution in [3.05, 3.63) is 89.9 Å². The number of rotatable bonds is 8. The molecule has 3 rings (SSSR count). The minimum absolute atomic E-state index is 0.161. The fourth-order valence-electron chi connectivity index (χ4n) is 2.78. The summed E-state index contributed by atoms with van der Waals surface area (Å²) in [5, 5.41) is 11.4. The van der Waals surface area contributed by atoms with E-state index in [2.05, 4.69) is 9.97 Å². The first-order chi connectivity index (χ1) is 14.8. The van der Waals surface area contributed by atoms with Crippen molar-refractivity contribution >= 4 is 17.7 Å². The van der Waals surface area contributed by atoms with E-state index in [0.717, 1.165) is 12.1 Å². The zero-order valence-electron chi connectivity index (χ0n) is 16.2. The molecule has 2 unspecified atom stereocenters. The van der Waals surface area contributed by atoms with Crippen molar-refractivity contribution in [1.29, 1.82) is 0 Å². The van der Waals surface area contributed by atoms with Crippen molar-refractivity contribution in [3.63, 3.8) is 0 Å². The number of aliphatic hydroxyl groups excluding tert-OH is 1. The Hall–Kier alpha value is -2.91. The van der Waals surface area contributed by atoms with E-state index < -0.39 is 29.7 Å². The number of ether oxygens (including phenoxy) is 1. The van der Waals surface area contributed by atoms with Gasteiger partial charge in [0.05, 0.1) is 22.6 Å². The third-order valence-corrected chi connectivity index (χ3v) is 5.46. The molecule has 0 fully saturated rings. The van der Waals surface area contributed by atoms with E-state index in [1.165, 1.54) is 30.1 Å². The van der Waals surface area contributed by atoms with Gasteiger partial charge in [-0.1, -0.05) is 24.3 Å². The Kier molecular flexibility index (Phi) is 7.64. The number of nitrogens with zero attached hydrogens (tertiary/aromatic N) is 2. The molecule has 0 spiro atoms. The van der Waals surface area contributed by atoms with E-state index >= 15 is 0 Å². The summed E-state index contributed by atoms with van der Waals surface area (Å²) in [4.78, 5) is 20.9. The first-order valence-electron chi connectivity index (χ1n) is 9.29. The van der Waals surface area contributed by atoms with Gasteiger partial charge in [-0.2, -0.15) is 13.2 Å². The highest BCUT2D eigenvalue weighted by Crippen LogP contribution is 2.31. The molecule has 3 aromatic rings. The molecule has 1 N–H and O–H groups in total. The van der Waals surface area contributed by atoms with Crippen LogP contribution in [0.3, 0.4) is 0 Å². The third-order valence-electron chi connectivity index (χ3n) is 4.39. The molecular formula is C22H19F3N2O3S. The second-order valence-corrected chi connectivity index (χ2v) is 7.66. The number of pyridine rings is 2. The molecule has 0 bridgehead atoms. The van der Waals surface area contributed by atoms with Crippen molar-refractivity contribution < 1.29 is 27.8 Å². The summed E-state index contributed by atoms with van der Waals surface area (Å²) in [6, 6.07) is 13.2. The lowest BCUT2D eigenvalue weighted by atomic mass is 9.99. The Balaban J connectivity index is 1.72. The molecule has 0 amide bonds. The van der Waals surface area contributed by atoms with Crippen LogP contribution in [-0.2, 0) is 22.3 Å². The molecule has 9 heteroatoms. The van der Waals surface area contributed by atoms with E-state index in [1.54, 1.807) is 42.7 Å². The van der Waals surface area contributed by atoms with Crippen molar-refractivity contribution in [2.24, 2.45) is 5.92 Å². The van der Waals surface area contributed by atoms with Crippen LogP contribution >= 0.6 is 11.8 Å². The van der Waals surface area contributed by atoms with Gasteiger partial charge in [0.1, 0.15) is 6.61 Å². The molecule has 162 valence electrons. The topological polar surface area (TPSA) is 72.3 Å². The SMILES string of the molecule is O=C(OCc1cccc(C(F)(F)F)c1)C(CSc1ccccn1)C(O)c1cccnc1. The molecule has 0 saturated heterocycles. The number of thioether (sulfide) groups is 1. The second kappa shape index (κ2) is 10.4. The zero-order valence-corrected chi connectivity index (χ0v) is 17.0. The average Bonchev–Trinajstić information content (AvgIpc) is 2.78. The number of esters is 1. The van der Waals surface area contributed by atoms with Crippen LogP contribution in [0.15, 0.2) is 78.2 Å². The minimum atomic E-state index is -4.49. The Bertz CT molecular complexity index is 988. The molecule has 0 radical (unpaired) electrons. The maximum Gasteiger partial charge on any atom is 0.416 e. The molecule has 1 aromatic carbocycles. The Labute approximate surface area is 181 Å². The summed E-state index contributed by atoms with van der Waals surface area (Å²) in [7, 11) is 0. The van der Waals surface area contributed by atoms with Gasteiger partial charge in [0.2, 0.25) is 0 Å². The van der Waals surface area contributed by atoms with Gasteiger partial charge in [-0.3, -0.25) is 9.78 Å². The van der Waals surface area contributed by atoms with Crippen molar-refractivity contribution in [3.8, 4) is 0 Å². The number of carbonyl (C=O) groups is 1. The lowest BCUT2D eigenvalue weighted by Crippen LogP contribution is -2.27. The fraction of sp³-hybridized carbons (Fsp3) is 0.227. The monoisotopic (exact) mass is 448 g/mol. The van der Waals surface area contributed by atoms with Gasteiger partial charge in [-0.05, 0) is 41.5 Å². The lowest BCUT2D eigenvalue weighted by Gasteiger charge is -2.21. The summed E-state index contributed by atoms with van der Waals surface area (Å²) in [5.74, 6) is -1.53. The summed E-state index contributed by atoms with van der Waals surface area (Å²) >= 11 is 1.27. The number of hydrogen-bond donors (Lipinski definition) is 1. The van der Waals surface area contributed by atoms with Crippen LogP contribution in [0.1, 0.15) is 22.8 Å². The first kappa shape index (κ1) is 22.8. The first-order valence-corrected chi connectivity index (χ1v) is 10.3. The molecule has 31 heavy (non-hydrogen) atoms. The van der Waals surface area contributed by atoms with Gasteiger partial charge in [-0.15, -0.1) is 11.8 Å². The van der Waals surface area contributed by atoms with Crippen molar-refractivity contribution in [2.75, 3.05) is 5.75 Å². The van der Waals surface area contributed by atoms with Crippen LogP contribution in [0.5, 0.6) is 0 Å². The van der Waals surface area contributed by atoms with Crippen LogP contribution in [0.25, 0.3) is 0 Å². The minimum Gasteiger partial charge on any atom is -0.460 e. The molecule has 0 saturated carbocycles. The highest BCUT2D eigenvalue weighted by Gasteiger charge is 2.32. The highest BCUT2D eigenvalue weighted by molar-refractivity contribution is 7.99. The summed E-state index contributed by atoms with van der Waals surface area (Å²) in [6.07, 6.45) is -1.08. The number of benzene rings is 1. The van der Waals surface area contributed by atoms with Gasteiger partial charge < -0.3 is 9.84 Å². The van der Waals surface area contributed by atoms with Gasteiger partial charge >= 0.3 is 12.1 Å². The van der Waals surface area contributed by atoms with Gasteiger partial charge in [0.25, 0.3) is 0 Å². The number of aliphatic hydroxyl groups is 1. The van der Waals surface area contributed by atoms with Crippen LogP contribution in [-0.4, -0.2) is 26.8 Å². The molecule has 2 heterocycles. The standard InChI is InChI=1S/C22H19F3N2O3S/c23-22(24,25)17-7-3-5-15(11-17)13-30-21(29)18(14-31-19-8-1-2-10-27-19)20(28)16-6-4-9-26-12-16/h1-12,18,20,28H,13-14H2. The van der Waals surface area contributed by atoms with E-state index in [0.29, 0.717) is 10.6 Å². The quantitative estimate of drug-likeness (QED) is 0.399. The number of aromatic nitrogens is 2. The molecule has 5 nitrogen and oxygen atoms in total. The highest BCUT2D eigenvalue weighted by atomic mass is 32.2. The average molecular weight is 448 g/mol. The third kappa shape index (κ3) is 6.53. The fourth-order valence-corrected chi connectivity index (χ4v) is 3.76. The number of halogens is 3.